The normalized spacial score (nSPS) is 23.0. The van der Waals surface area contributed by atoms with Crippen LogP contribution < -0.4 is 0 Å². The molecule has 0 radical (unpaired) electrons. The van der Waals surface area contributed by atoms with Crippen molar-refractivity contribution in [2.75, 3.05) is 0 Å². The molecule has 0 spiro atoms. The zero-order valence-electron chi connectivity index (χ0n) is 11.5. The summed E-state index contributed by atoms with van der Waals surface area (Å²) in [5.74, 6) is -1.35. The molecule has 3 aliphatic rings. The molecule has 110 valence electrons. The number of allylic oxidation sites excluding steroid dienone is 3. The molecule has 6 nitrogen and oxygen atoms in total. The van der Waals surface area contributed by atoms with E-state index in [1.807, 2.05) is 0 Å². The van der Waals surface area contributed by atoms with Crippen LogP contribution in [-0.2, 0) is 14.3 Å². The maximum atomic E-state index is 12.7. The van der Waals surface area contributed by atoms with Crippen LogP contribution in [0.2, 0.25) is 0 Å². The lowest BCUT2D eigenvalue weighted by Crippen LogP contribution is -2.31. The van der Waals surface area contributed by atoms with Crippen molar-refractivity contribution in [2.24, 2.45) is 0 Å². The zero-order valence-corrected chi connectivity index (χ0v) is 11.5. The van der Waals surface area contributed by atoms with Crippen molar-refractivity contribution < 1.29 is 29.0 Å². The topological polar surface area (TPSA) is 89.9 Å². The third-order valence-electron chi connectivity index (χ3n) is 4.00. The third-order valence-corrected chi connectivity index (χ3v) is 4.00. The van der Waals surface area contributed by atoms with Crippen molar-refractivity contribution in [3.05, 3.63) is 52.0 Å². The lowest BCUT2D eigenvalue weighted by atomic mass is 9.79. The number of carbonyl (C=O) groups excluding carboxylic acids is 3. The van der Waals surface area contributed by atoms with Gasteiger partial charge in [-0.15, -0.1) is 0 Å². The summed E-state index contributed by atoms with van der Waals surface area (Å²) in [6.45, 7) is 1.56. The van der Waals surface area contributed by atoms with Gasteiger partial charge in [-0.2, -0.15) is 0 Å². The van der Waals surface area contributed by atoms with Gasteiger partial charge in [0.2, 0.25) is 5.78 Å². The molecular weight excluding hydrogens is 288 g/mol. The molecule has 0 aromatic heterocycles. The molecule has 1 aromatic rings. The molecule has 0 unspecified atom stereocenters. The molecule has 6 heteroatoms. The van der Waals surface area contributed by atoms with Crippen LogP contribution >= 0.6 is 0 Å². The van der Waals surface area contributed by atoms with Gasteiger partial charge in [-0.05, 0) is 13.0 Å². The molecule has 1 aromatic carbocycles. The molecule has 2 heterocycles. The van der Waals surface area contributed by atoms with Gasteiger partial charge < -0.3 is 14.6 Å². The highest BCUT2D eigenvalue weighted by Gasteiger charge is 2.47. The van der Waals surface area contributed by atoms with Gasteiger partial charge in [0.25, 0.3) is 0 Å². The van der Waals surface area contributed by atoms with Crippen molar-refractivity contribution in [1.29, 1.82) is 0 Å². The number of Topliss-reactive ketones (excluding diaryl/α,β-unsaturated/α-hetero) is 2. The van der Waals surface area contributed by atoms with Crippen molar-refractivity contribution >= 4 is 17.5 Å². The van der Waals surface area contributed by atoms with Crippen LogP contribution in [0.3, 0.4) is 0 Å². The quantitative estimate of drug-likeness (QED) is 0.732. The maximum Gasteiger partial charge on any atom is 0.315 e. The fraction of sp³-hybridized carbons (Fsp3) is 0.188. The second kappa shape index (κ2) is 4.07. The summed E-state index contributed by atoms with van der Waals surface area (Å²) in [5, 5.41) is 9.91. The average molecular weight is 298 g/mol. The van der Waals surface area contributed by atoms with Crippen LogP contribution in [0.4, 0.5) is 0 Å². The van der Waals surface area contributed by atoms with Gasteiger partial charge in [-0.25, -0.2) is 0 Å². The molecule has 0 amide bonds. The standard InChI is InChI=1S/C16H10O6/c1-6-11-13(16-9(21-6)5-10(18)22-16)14(19)7-3-2-4-8(17)12(7)15(11)20/h2-4,9,17H,5H2,1H3/t9-/m0/s1. The molecule has 2 aliphatic heterocycles. The van der Waals surface area contributed by atoms with Crippen molar-refractivity contribution in [3.8, 4) is 5.75 Å². The Kier molecular flexibility index (Phi) is 2.37. The van der Waals surface area contributed by atoms with Crippen LogP contribution in [0, 0.1) is 0 Å². The van der Waals surface area contributed by atoms with Gasteiger partial charge in [-0.3, -0.25) is 14.4 Å². The molecule has 1 fully saturated rings. The molecule has 1 aliphatic carbocycles. The Labute approximate surface area is 124 Å². The first-order valence-corrected chi connectivity index (χ1v) is 6.73. The Morgan fingerprint density at radius 3 is 2.68 bits per heavy atom. The Morgan fingerprint density at radius 2 is 1.91 bits per heavy atom. The number of phenolic OH excluding ortho intramolecular Hbond substituents is 1. The highest BCUT2D eigenvalue weighted by Crippen LogP contribution is 2.43. The van der Waals surface area contributed by atoms with Gasteiger partial charge in [0, 0.05) is 5.56 Å². The number of hydrogen-bond donors (Lipinski definition) is 1. The zero-order chi connectivity index (χ0) is 15.6. The average Bonchev–Trinajstić information content (AvgIpc) is 2.83. The lowest BCUT2D eigenvalue weighted by molar-refractivity contribution is -0.135. The van der Waals surface area contributed by atoms with Crippen LogP contribution in [-0.4, -0.2) is 28.7 Å². The Bertz CT molecular complexity index is 842. The van der Waals surface area contributed by atoms with E-state index >= 15 is 0 Å². The van der Waals surface area contributed by atoms with Crippen molar-refractivity contribution in [1.82, 2.24) is 0 Å². The number of ether oxygens (including phenoxy) is 2. The Morgan fingerprint density at radius 1 is 1.14 bits per heavy atom. The minimum atomic E-state index is -0.665. The predicted octanol–water partition coefficient (Wildman–Crippen LogP) is 1.65. The van der Waals surface area contributed by atoms with E-state index in [9.17, 15) is 19.5 Å². The minimum Gasteiger partial charge on any atom is -0.507 e. The first-order chi connectivity index (χ1) is 10.5. The maximum absolute atomic E-state index is 12.7. The van der Waals surface area contributed by atoms with Gasteiger partial charge >= 0.3 is 5.97 Å². The van der Waals surface area contributed by atoms with E-state index in [-0.39, 0.29) is 46.0 Å². The first-order valence-electron chi connectivity index (χ1n) is 6.73. The summed E-state index contributed by atoms with van der Waals surface area (Å²) in [6.07, 6.45) is -0.653. The summed E-state index contributed by atoms with van der Waals surface area (Å²) >= 11 is 0. The second-order valence-electron chi connectivity index (χ2n) is 5.31. The van der Waals surface area contributed by atoms with Gasteiger partial charge in [0.15, 0.2) is 17.6 Å². The lowest BCUT2D eigenvalue weighted by Gasteiger charge is -2.28. The molecule has 4 rings (SSSR count). The molecule has 0 bridgehead atoms. The summed E-state index contributed by atoms with van der Waals surface area (Å²) in [6, 6.07) is 4.31. The molecule has 1 saturated heterocycles. The smallest absolute Gasteiger partial charge is 0.315 e. The summed E-state index contributed by atoms with van der Waals surface area (Å²) in [7, 11) is 0. The summed E-state index contributed by atoms with van der Waals surface area (Å²) in [5.41, 5.74) is 0.188. The van der Waals surface area contributed by atoms with Crippen molar-refractivity contribution in [3.63, 3.8) is 0 Å². The fourth-order valence-electron chi connectivity index (χ4n) is 3.08. The van der Waals surface area contributed by atoms with Crippen LogP contribution in [0.5, 0.6) is 5.75 Å². The third kappa shape index (κ3) is 1.46. The van der Waals surface area contributed by atoms with Crippen molar-refractivity contribution in [2.45, 2.75) is 19.4 Å². The number of aromatic hydroxyl groups is 1. The minimum absolute atomic E-state index is 0.0117. The molecule has 1 N–H and O–H groups in total. The monoisotopic (exact) mass is 298 g/mol. The number of rotatable bonds is 0. The van der Waals surface area contributed by atoms with Gasteiger partial charge in [0.05, 0.1) is 23.1 Å². The van der Waals surface area contributed by atoms with E-state index in [1.165, 1.54) is 18.2 Å². The van der Waals surface area contributed by atoms with E-state index in [0.717, 1.165) is 0 Å². The molecule has 1 atom stereocenters. The highest BCUT2D eigenvalue weighted by atomic mass is 16.6. The number of fused-ring (bicyclic) bond motifs is 3. The highest BCUT2D eigenvalue weighted by molar-refractivity contribution is 6.32. The Hall–Kier alpha value is -2.89. The summed E-state index contributed by atoms with van der Waals surface area (Å²) < 4.78 is 10.6. The van der Waals surface area contributed by atoms with E-state index < -0.39 is 23.6 Å². The van der Waals surface area contributed by atoms with Gasteiger partial charge in [0.1, 0.15) is 11.5 Å². The summed E-state index contributed by atoms with van der Waals surface area (Å²) in [4.78, 5) is 36.9. The van der Waals surface area contributed by atoms with E-state index in [2.05, 4.69) is 0 Å². The molecular formula is C16H10O6. The second-order valence-corrected chi connectivity index (χ2v) is 5.31. The number of ketones is 2. The van der Waals surface area contributed by atoms with Crippen LogP contribution in [0.1, 0.15) is 34.1 Å². The van der Waals surface area contributed by atoms with Crippen LogP contribution in [0.25, 0.3) is 0 Å². The number of esters is 1. The number of benzene rings is 1. The van der Waals surface area contributed by atoms with E-state index in [1.54, 1.807) is 6.92 Å². The number of phenols is 1. The fourth-order valence-corrected chi connectivity index (χ4v) is 3.08. The number of carbonyl (C=O) groups is 3. The number of hydrogen-bond acceptors (Lipinski definition) is 6. The van der Waals surface area contributed by atoms with Crippen LogP contribution in [0.15, 0.2) is 40.9 Å². The largest absolute Gasteiger partial charge is 0.507 e. The molecule has 0 saturated carbocycles. The molecule has 22 heavy (non-hydrogen) atoms. The Balaban J connectivity index is 2.05. The predicted molar refractivity (Wildman–Crippen MR) is 72.1 cm³/mol. The SMILES string of the molecule is CC1=C2C(=O)c3c(O)cccc3C(=O)C2=C2OC(=O)C[C@@H]2O1. The van der Waals surface area contributed by atoms with E-state index in [0.29, 0.717) is 0 Å². The van der Waals surface area contributed by atoms with E-state index in [4.69, 9.17) is 9.47 Å². The first kappa shape index (κ1) is 12.8. The van der Waals surface area contributed by atoms with Gasteiger partial charge in [-0.1, -0.05) is 12.1 Å².